The normalized spacial score (nSPS) is 17.9. The molecular weight excluding hydrogens is 432 g/mol. The van der Waals surface area contributed by atoms with Crippen molar-refractivity contribution in [1.29, 1.82) is 0 Å². The van der Waals surface area contributed by atoms with Gasteiger partial charge in [-0.2, -0.15) is 4.31 Å². The summed E-state index contributed by atoms with van der Waals surface area (Å²) in [5.74, 6) is 1.27. The lowest BCUT2D eigenvalue weighted by molar-refractivity contribution is -0.126. The van der Waals surface area contributed by atoms with Crippen LogP contribution in [-0.2, 0) is 14.8 Å². The van der Waals surface area contributed by atoms with Crippen LogP contribution in [0.2, 0.25) is 0 Å². The summed E-state index contributed by atoms with van der Waals surface area (Å²) in [5, 5.41) is 3.01. The number of nitrogens with zero attached hydrogens (tertiary/aromatic N) is 1. The molecule has 0 radical (unpaired) electrons. The van der Waals surface area contributed by atoms with Gasteiger partial charge < -0.3 is 19.5 Å². The Labute approximate surface area is 189 Å². The monoisotopic (exact) mass is 462 g/mol. The first kappa shape index (κ1) is 23.9. The quantitative estimate of drug-likeness (QED) is 0.648. The van der Waals surface area contributed by atoms with Gasteiger partial charge in [-0.3, -0.25) is 4.79 Å². The Morgan fingerprint density at radius 1 is 1.03 bits per heavy atom. The highest BCUT2D eigenvalue weighted by Crippen LogP contribution is 2.30. The van der Waals surface area contributed by atoms with E-state index in [1.54, 1.807) is 38.5 Å². The largest absolute Gasteiger partial charge is 0.497 e. The van der Waals surface area contributed by atoms with E-state index in [0.717, 1.165) is 5.56 Å². The molecule has 0 saturated carbocycles. The summed E-state index contributed by atoms with van der Waals surface area (Å²) in [6, 6.07) is 11.4. The maximum atomic E-state index is 13.1. The van der Waals surface area contributed by atoms with E-state index < -0.39 is 15.9 Å². The third-order valence-electron chi connectivity index (χ3n) is 5.71. The Morgan fingerprint density at radius 2 is 1.69 bits per heavy atom. The standard InChI is InChI=1S/C23H30N2O6S/c1-16(21-14-19(30-3)9-12-22(21)31-4)24-23(26)17-6-5-13-25(15-17)32(27,28)20-10-7-18(29-2)8-11-20/h7-12,14,16-17H,5-6,13,15H2,1-4H3,(H,24,26)/t16-,17+/m1/s1. The molecule has 0 aromatic heterocycles. The molecule has 1 aliphatic rings. The Hall–Kier alpha value is -2.78. The van der Waals surface area contributed by atoms with Gasteiger partial charge >= 0.3 is 0 Å². The van der Waals surface area contributed by atoms with E-state index in [4.69, 9.17) is 14.2 Å². The second-order valence-corrected chi connectivity index (χ2v) is 9.65. The van der Waals surface area contributed by atoms with Gasteiger partial charge in [0.1, 0.15) is 17.2 Å². The lowest BCUT2D eigenvalue weighted by Crippen LogP contribution is -2.45. The molecule has 32 heavy (non-hydrogen) atoms. The van der Waals surface area contributed by atoms with Crippen LogP contribution in [-0.4, -0.2) is 53.0 Å². The van der Waals surface area contributed by atoms with E-state index in [1.807, 2.05) is 13.0 Å². The van der Waals surface area contributed by atoms with E-state index in [2.05, 4.69) is 5.32 Å². The van der Waals surface area contributed by atoms with Gasteiger partial charge in [-0.25, -0.2) is 8.42 Å². The molecule has 0 unspecified atom stereocenters. The van der Waals surface area contributed by atoms with Crippen LogP contribution >= 0.6 is 0 Å². The summed E-state index contributed by atoms with van der Waals surface area (Å²) in [6.45, 7) is 2.39. The van der Waals surface area contributed by atoms with Crippen LogP contribution in [0.15, 0.2) is 47.4 Å². The van der Waals surface area contributed by atoms with Crippen LogP contribution in [0.3, 0.4) is 0 Å². The molecule has 1 fully saturated rings. The van der Waals surface area contributed by atoms with Crippen LogP contribution < -0.4 is 19.5 Å². The molecule has 2 aromatic rings. The molecular formula is C23H30N2O6S. The molecule has 1 N–H and O–H groups in total. The first-order chi connectivity index (χ1) is 15.3. The molecule has 2 aromatic carbocycles. The maximum absolute atomic E-state index is 13.1. The number of ether oxygens (including phenoxy) is 3. The average molecular weight is 463 g/mol. The molecule has 1 amide bonds. The van der Waals surface area contributed by atoms with Crippen LogP contribution in [0, 0.1) is 5.92 Å². The lowest BCUT2D eigenvalue weighted by Gasteiger charge is -2.32. The van der Waals surface area contributed by atoms with Crippen LogP contribution in [0.4, 0.5) is 0 Å². The fourth-order valence-corrected chi connectivity index (χ4v) is 5.38. The minimum atomic E-state index is -3.69. The lowest BCUT2D eigenvalue weighted by atomic mass is 9.97. The molecule has 9 heteroatoms. The highest BCUT2D eigenvalue weighted by atomic mass is 32.2. The summed E-state index contributed by atoms with van der Waals surface area (Å²) in [4.78, 5) is 13.2. The average Bonchev–Trinajstić information content (AvgIpc) is 2.83. The number of methoxy groups -OCH3 is 3. The summed E-state index contributed by atoms with van der Waals surface area (Å²) >= 11 is 0. The minimum absolute atomic E-state index is 0.141. The summed E-state index contributed by atoms with van der Waals surface area (Å²) < 4.78 is 43.3. The minimum Gasteiger partial charge on any atom is -0.497 e. The smallest absolute Gasteiger partial charge is 0.243 e. The van der Waals surface area contributed by atoms with Gasteiger partial charge in [0.15, 0.2) is 0 Å². The number of piperidine rings is 1. The van der Waals surface area contributed by atoms with Crippen LogP contribution in [0.5, 0.6) is 17.2 Å². The number of hydrogen-bond acceptors (Lipinski definition) is 6. The zero-order chi connectivity index (χ0) is 23.3. The second kappa shape index (κ2) is 10.2. The van der Waals surface area contributed by atoms with Gasteiger partial charge in [-0.15, -0.1) is 0 Å². The molecule has 0 spiro atoms. The number of rotatable bonds is 8. The number of sulfonamides is 1. The van der Waals surface area contributed by atoms with Crippen LogP contribution in [0.25, 0.3) is 0 Å². The van der Waals surface area contributed by atoms with E-state index in [0.29, 0.717) is 36.6 Å². The molecule has 0 aliphatic carbocycles. The third kappa shape index (κ3) is 5.16. The van der Waals surface area contributed by atoms with Gasteiger partial charge in [0.25, 0.3) is 0 Å². The number of amides is 1. The van der Waals surface area contributed by atoms with Crippen molar-refractivity contribution in [3.8, 4) is 17.2 Å². The van der Waals surface area contributed by atoms with E-state index in [-0.39, 0.29) is 23.4 Å². The first-order valence-corrected chi connectivity index (χ1v) is 11.9. The van der Waals surface area contributed by atoms with E-state index >= 15 is 0 Å². The Bertz CT molecular complexity index is 1040. The van der Waals surface area contributed by atoms with Gasteiger partial charge in [-0.05, 0) is 62.2 Å². The highest BCUT2D eigenvalue weighted by Gasteiger charge is 2.34. The zero-order valence-corrected chi connectivity index (χ0v) is 19.6. The van der Waals surface area contributed by atoms with Crippen molar-refractivity contribution in [2.45, 2.75) is 30.7 Å². The van der Waals surface area contributed by atoms with E-state index in [1.165, 1.54) is 23.5 Å². The van der Waals surface area contributed by atoms with Crippen molar-refractivity contribution in [2.24, 2.45) is 5.92 Å². The van der Waals surface area contributed by atoms with Gasteiger partial charge in [-0.1, -0.05) is 0 Å². The molecule has 1 heterocycles. The SMILES string of the molecule is COc1ccc(S(=O)(=O)N2CCC[C@H](C(=O)N[C@H](C)c3cc(OC)ccc3OC)C2)cc1. The van der Waals surface area contributed by atoms with Crippen molar-refractivity contribution in [1.82, 2.24) is 9.62 Å². The molecule has 1 aliphatic heterocycles. The fraction of sp³-hybridized carbons (Fsp3) is 0.435. The van der Waals surface area contributed by atoms with Gasteiger partial charge in [0.2, 0.25) is 15.9 Å². The Kier molecular flexibility index (Phi) is 7.63. The molecule has 0 bridgehead atoms. The Morgan fingerprint density at radius 3 is 2.31 bits per heavy atom. The maximum Gasteiger partial charge on any atom is 0.243 e. The third-order valence-corrected chi connectivity index (χ3v) is 7.59. The van der Waals surface area contributed by atoms with Crippen molar-refractivity contribution >= 4 is 15.9 Å². The number of carbonyl (C=O) groups is 1. The second-order valence-electron chi connectivity index (χ2n) is 7.72. The Balaban J connectivity index is 1.71. The van der Waals surface area contributed by atoms with Crippen molar-refractivity contribution in [3.05, 3.63) is 48.0 Å². The van der Waals surface area contributed by atoms with Crippen LogP contribution in [0.1, 0.15) is 31.4 Å². The summed E-state index contributed by atoms with van der Waals surface area (Å²) in [5.41, 5.74) is 0.790. The highest BCUT2D eigenvalue weighted by molar-refractivity contribution is 7.89. The molecule has 2 atom stereocenters. The number of nitrogens with one attached hydrogen (secondary N) is 1. The number of benzene rings is 2. The first-order valence-electron chi connectivity index (χ1n) is 10.5. The summed E-state index contributed by atoms with van der Waals surface area (Å²) in [6.07, 6.45) is 1.24. The van der Waals surface area contributed by atoms with E-state index in [9.17, 15) is 13.2 Å². The predicted molar refractivity (Wildman–Crippen MR) is 121 cm³/mol. The zero-order valence-electron chi connectivity index (χ0n) is 18.8. The topological polar surface area (TPSA) is 94.2 Å². The number of carbonyl (C=O) groups excluding carboxylic acids is 1. The number of hydrogen-bond donors (Lipinski definition) is 1. The van der Waals surface area contributed by atoms with Gasteiger partial charge in [0.05, 0.1) is 38.2 Å². The fourth-order valence-electron chi connectivity index (χ4n) is 3.86. The molecule has 1 saturated heterocycles. The molecule has 3 rings (SSSR count). The van der Waals surface area contributed by atoms with Crippen molar-refractivity contribution in [3.63, 3.8) is 0 Å². The van der Waals surface area contributed by atoms with Gasteiger partial charge in [0, 0.05) is 18.7 Å². The summed E-state index contributed by atoms with van der Waals surface area (Å²) in [7, 11) is 0.985. The van der Waals surface area contributed by atoms with Crippen molar-refractivity contribution < 1.29 is 27.4 Å². The molecule has 174 valence electrons. The molecule has 8 nitrogen and oxygen atoms in total. The predicted octanol–water partition coefficient (Wildman–Crippen LogP) is 2.99. The van der Waals surface area contributed by atoms with Crippen molar-refractivity contribution in [2.75, 3.05) is 34.4 Å².